The maximum atomic E-state index is 12.3. The number of amides is 1. The molecule has 0 aliphatic carbocycles. The summed E-state index contributed by atoms with van der Waals surface area (Å²) in [6, 6.07) is 7.50. The molecule has 0 aromatic heterocycles. The molecule has 1 amide bonds. The minimum Gasteiger partial charge on any atom is -0.371 e. The molecular weight excluding hydrogens is 323 g/mol. The van der Waals surface area contributed by atoms with Gasteiger partial charge in [-0.3, -0.25) is 4.79 Å². The van der Waals surface area contributed by atoms with Crippen LogP contribution in [0.25, 0.3) is 0 Å². The zero-order valence-corrected chi connectivity index (χ0v) is 14.5. The fourth-order valence-electron chi connectivity index (χ4n) is 2.68. The Kier molecular flexibility index (Phi) is 7.13. The van der Waals surface area contributed by atoms with Crippen LogP contribution in [0.3, 0.4) is 0 Å². The van der Waals surface area contributed by atoms with Crippen LogP contribution >= 0.6 is 24.0 Å². The maximum absolute atomic E-state index is 12.3. The Balaban J connectivity index is 0.00000242. The first-order valence-corrected chi connectivity index (χ1v) is 7.79. The van der Waals surface area contributed by atoms with E-state index in [-0.39, 0.29) is 30.5 Å². The first-order valence-electron chi connectivity index (χ1n) is 7.41. The Morgan fingerprint density at radius 1 is 1.45 bits per heavy atom. The second-order valence-corrected chi connectivity index (χ2v) is 6.32. The third-order valence-electron chi connectivity index (χ3n) is 3.89. The number of hydrogen-bond donors (Lipinski definition) is 2. The molecule has 2 rings (SSSR count). The second-order valence-electron chi connectivity index (χ2n) is 5.88. The highest BCUT2D eigenvalue weighted by Crippen LogP contribution is 2.30. The molecule has 3 unspecified atom stereocenters. The minimum absolute atomic E-state index is 0. The molecule has 0 radical (unpaired) electrons. The lowest BCUT2D eigenvalue weighted by Gasteiger charge is -2.27. The van der Waals surface area contributed by atoms with Gasteiger partial charge in [-0.15, -0.1) is 12.4 Å². The lowest BCUT2D eigenvalue weighted by Crippen LogP contribution is -2.54. The standard InChI is InChI=1S/C16H23ClN2O2.ClH/c1-3-9-16(2,18)15(20)19-13-8-10-21-14(13)11-4-6-12(17)7-5-11;/h4-7,13-14H,3,8-10,18H2,1-2H3,(H,19,20);1H. The van der Waals surface area contributed by atoms with Gasteiger partial charge in [-0.25, -0.2) is 0 Å². The highest BCUT2D eigenvalue weighted by atomic mass is 35.5. The van der Waals surface area contributed by atoms with Crippen LogP contribution in [0, 0.1) is 0 Å². The lowest BCUT2D eigenvalue weighted by molar-refractivity contribution is -0.127. The molecule has 3 N–H and O–H groups in total. The molecule has 1 heterocycles. The largest absolute Gasteiger partial charge is 0.371 e. The van der Waals surface area contributed by atoms with Crippen molar-refractivity contribution in [3.63, 3.8) is 0 Å². The SMILES string of the molecule is CCCC(C)(N)C(=O)NC1CCOC1c1ccc(Cl)cc1.Cl. The van der Waals surface area contributed by atoms with Gasteiger partial charge in [0, 0.05) is 11.6 Å². The van der Waals surface area contributed by atoms with Gasteiger partial charge in [0.2, 0.25) is 5.91 Å². The third-order valence-corrected chi connectivity index (χ3v) is 4.15. The molecule has 6 heteroatoms. The van der Waals surface area contributed by atoms with E-state index in [1.165, 1.54) is 0 Å². The van der Waals surface area contributed by atoms with Crippen molar-refractivity contribution in [2.45, 2.75) is 50.8 Å². The zero-order chi connectivity index (χ0) is 15.5. The van der Waals surface area contributed by atoms with Crippen molar-refractivity contribution in [2.24, 2.45) is 5.73 Å². The quantitative estimate of drug-likeness (QED) is 0.860. The van der Waals surface area contributed by atoms with Gasteiger partial charge in [-0.1, -0.05) is 37.1 Å². The highest BCUT2D eigenvalue weighted by molar-refractivity contribution is 6.30. The van der Waals surface area contributed by atoms with E-state index in [1.807, 2.05) is 31.2 Å². The van der Waals surface area contributed by atoms with Crippen molar-refractivity contribution in [3.8, 4) is 0 Å². The molecule has 22 heavy (non-hydrogen) atoms. The molecule has 1 saturated heterocycles. The summed E-state index contributed by atoms with van der Waals surface area (Å²) in [4.78, 5) is 12.3. The second kappa shape index (κ2) is 8.16. The summed E-state index contributed by atoms with van der Waals surface area (Å²) in [5, 5.41) is 3.73. The Morgan fingerprint density at radius 2 is 2.09 bits per heavy atom. The Morgan fingerprint density at radius 3 is 2.68 bits per heavy atom. The molecular formula is C16H24Cl2N2O2. The first-order chi connectivity index (χ1) is 9.94. The molecule has 1 aromatic carbocycles. The topological polar surface area (TPSA) is 64.4 Å². The van der Waals surface area contributed by atoms with E-state index in [9.17, 15) is 4.79 Å². The summed E-state index contributed by atoms with van der Waals surface area (Å²) < 4.78 is 5.77. The molecule has 0 saturated carbocycles. The Bertz CT molecular complexity index is 491. The normalized spacial score (nSPS) is 23.5. The van der Waals surface area contributed by atoms with Gasteiger partial charge >= 0.3 is 0 Å². The number of ether oxygens (including phenoxy) is 1. The fraction of sp³-hybridized carbons (Fsp3) is 0.562. The summed E-state index contributed by atoms with van der Waals surface area (Å²) in [7, 11) is 0. The Hall–Kier alpha value is -0.810. The monoisotopic (exact) mass is 346 g/mol. The maximum Gasteiger partial charge on any atom is 0.240 e. The van der Waals surface area contributed by atoms with E-state index in [2.05, 4.69) is 5.32 Å². The van der Waals surface area contributed by atoms with Crippen LogP contribution in [0.1, 0.15) is 44.8 Å². The van der Waals surface area contributed by atoms with Crippen molar-refractivity contribution in [2.75, 3.05) is 6.61 Å². The van der Waals surface area contributed by atoms with Gasteiger partial charge in [-0.05, 0) is 37.5 Å². The average molecular weight is 347 g/mol. The number of carbonyl (C=O) groups excluding carboxylic acids is 1. The van der Waals surface area contributed by atoms with Crippen LogP contribution < -0.4 is 11.1 Å². The van der Waals surface area contributed by atoms with Crippen LogP contribution in [0.2, 0.25) is 5.02 Å². The van der Waals surface area contributed by atoms with Crippen LogP contribution in [0.15, 0.2) is 24.3 Å². The van der Waals surface area contributed by atoms with E-state index >= 15 is 0 Å². The van der Waals surface area contributed by atoms with Gasteiger partial charge in [0.05, 0.1) is 11.6 Å². The van der Waals surface area contributed by atoms with Crippen LogP contribution in [0.5, 0.6) is 0 Å². The first kappa shape index (κ1) is 19.2. The molecule has 124 valence electrons. The van der Waals surface area contributed by atoms with E-state index in [4.69, 9.17) is 22.1 Å². The van der Waals surface area contributed by atoms with E-state index < -0.39 is 5.54 Å². The summed E-state index contributed by atoms with van der Waals surface area (Å²) in [5.41, 5.74) is 6.28. The summed E-state index contributed by atoms with van der Waals surface area (Å²) in [5.74, 6) is -0.112. The molecule has 1 fully saturated rings. The number of hydrogen-bond acceptors (Lipinski definition) is 3. The highest BCUT2D eigenvalue weighted by Gasteiger charge is 2.35. The molecule has 1 aliphatic heterocycles. The summed E-state index contributed by atoms with van der Waals surface area (Å²) in [6.07, 6.45) is 2.20. The molecule has 3 atom stereocenters. The number of rotatable bonds is 5. The van der Waals surface area contributed by atoms with Gasteiger partial charge in [0.1, 0.15) is 6.10 Å². The minimum atomic E-state index is -0.831. The number of carbonyl (C=O) groups is 1. The fourth-order valence-corrected chi connectivity index (χ4v) is 2.81. The predicted molar refractivity (Wildman–Crippen MR) is 91.4 cm³/mol. The van der Waals surface area contributed by atoms with Gasteiger partial charge in [-0.2, -0.15) is 0 Å². The van der Waals surface area contributed by atoms with Crippen LogP contribution in [-0.4, -0.2) is 24.1 Å². The number of nitrogens with one attached hydrogen (secondary N) is 1. The molecule has 0 spiro atoms. The van der Waals surface area contributed by atoms with Gasteiger partial charge in [0.15, 0.2) is 0 Å². The molecule has 1 aromatic rings. The molecule has 1 aliphatic rings. The van der Waals surface area contributed by atoms with Gasteiger partial charge < -0.3 is 15.8 Å². The van der Waals surface area contributed by atoms with E-state index in [0.29, 0.717) is 18.1 Å². The third kappa shape index (κ3) is 4.59. The molecule has 4 nitrogen and oxygen atoms in total. The zero-order valence-electron chi connectivity index (χ0n) is 13.0. The number of halogens is 2. The van der Waals surface area contributed by atoms with Crippen molar-refractivity contribution < 1.29 is 9.53 Å². The van der Waals surface area contributed by atoms with E-state index in [0.717, 1.165) is 18.4 Å². The lowest BCUT2D eigenvalue weighted by atomic mass is 9.95. The summed E-state index contributed by atoms with van der Waals surface area (Å²) in [6.45, 7) is 4.43. The van der Waals surface area contributed by atoms with Gasteiger partial charge in [0.25, 0.3) is 0 Å². The average Bonchev–Trinajstić information content (AvgIpc) is 2.87. The molecule has 0 bridgehead atoms. The summed E-state index contributed by atoms with van der Waals surface area (Å²) >= 11 is 5.91. The van der Waals surface area contributed by atoms with Crippen LogP contribution in [-0.2, 0) is 9.53 Å². The van der Waals surface area contributed by atoms with Crippen molar-refractivity contribution in [1.29, 1.82) is 0 Å². The predicted octanol–water partition coefficient (Wildman–Crippen LogP) is 3.23. The number of benzene rings is 1. The van der Waals surface area contributed by atoms with Crippen molar-refractivity contribution in [1.82, 2.24) is 5.32 Å². The van der Waals surface area contributed by atoms with Crippen molar-refractivity contribution >= 4 is 29.9 Å². The van der Waals surface area contributed by atoms with Crippen molar-refractivity contribution in [3.05, 3.63) is 34.9 Å². The van der Waals surface area contributed by atoms with E-state index in [1.54, 1.807) is 6.92 Å². The smallest absolute Gasteiger partial charge is 0.240 e. The number of nitrogens with two attached hydrogens (primary N) is 1. The Labute approximate surface area is 143 Å². The van der Waals surface area contributed by atoms with Crippen LogP contribution in [0.4, 0.5) is 0 Å².